The Morgan fingerprint density at radius 1 is 1.38 bits per heavy atom. The van der Waals surface area contributed by atoms with Crippen LogP contribution in [0.4, 0.5) is 5.82 Å². The van der Waals surface area contributed by atoms with Crippen LogP contribution in [0.2, 0.25) is 0 Å². The molecule has 112 valence electrons. The van der Waals surface area contributed by atoms with Gasteiger partial charge in [-0.15, -0.1) is 0 Å². The van der Waals surface area contributed by atoms with E-state index in [-0.39, 0.29) is 0 Å². The Morgan fingerprint density at radius 3 is 2.86 bits per heavy atom. The molecule has 0 fully saturated rings. The van der Waals surface area contributed by atoms with E-state index in [1.165, 1.54) is 24.1 Å². The van der Waals surface area contributed by atoms with Crippen molar-refractivity contribution in [2.75, 3.05) is 11.9 Å². The van der Waals surface area contributed by atoms with Crippen molar-refractivity contribution in [2.45, 2.75) is 45.1 Å². The third-order valence-corrected chi connectivity index (χ3v) is 5.04. The van der Waals surface area contributed by atoms with Crippen molar-refractivity contribution in [1.29, 1.82) is 0 Å². The van der Waals surface area contributed by atoms with Gasteiger partial charge in [-0.2, -0.15) is 5.10 Å². The van der Waals surface area contributed by atoms with Crippen LogP contribution in [-0.2, 0) is 0 Å². The van der Waals surface area contributed by atoms with Gasteiger partial charge >= 0.3 is 0 Å². The van der Waals surface area contributed by atoms with Gasteiger partial charge in [0.05, 0.1) is 16.2 Å². The van der Waals surface area contributed by atoms with Gasteiger partial charge in [0.15, 0.2) is 0 Å². The molecule has 0 spiro atoms. The third kappa shape index (κ3) is 2.73. The van der Waals surface area contributed by atoms with Crippen LogP contribution < -0.4 is 5.32 Å². The summed E-state index contributed by atoms with van der Waals surface area (Å²) in [5.74, 6) is 1.62. The lowest BCUT2D eigenvalue weighted by atomic mass is 10.0. The maximum atomic E-state index is 4.93. The highest BCUT2D eigenvalue weighted by atomic mass is 79.9. The van der Waals surface area contributed by atoms with E-state index >= 15 is 0 Å². The molecule has 21 heavy (non-hydrogen) atoms. The zero-order valence-corrected chi connectivity index (χ0v) is 14.2. The Morgan fingerprint density at radius 2 is 2.14 bits per heavy atom. The lowest BCUT2D eigenvalue weighted by Crippen LogP contribution is -2.24. The molecule has 0 saturated heterocycles. The molecule has 0 radical (unpaired) electrons. The van der Waals surface area contributed by atoms with Gasteiger partial charge in [0.1, 0.15) is 5.82 Å². The highest BCUT2D eigenvalue weighted by Crippen LogP contribution is 2.39. The number of benzene rings is 1. The number of aromatic nitrogens is 2. The third-order valence-electron chi connectivity index (χ3n) is 4.26. The van der Waals surface area contributed by atoms with Gasteiger partial charge in [-0.1, -0.05) is 50.6 Å². The summed E-state index contributed by atoms with van der Waals surface area (Å²) in [5.41, 5.74) is 2.52. The number of nitrogens with zero attached hydrogens (tertiary/aromatic N) is 2. The molecule has 0 amide bonds. The predicted octanol–water partition coefficient (Wildman–Crippen LogP) is 4.95. The zero-order valence-electron chi connectivity index (χ0n) is 12.6. The maximum absolute atomic E-state index is 4.93. The predicted molar refractivity (Wildman–Crippen MR) is 90.9 cm³/mol. The first-order valence-corrected chi connectivity index (χ1v) is 8.58. The molecule has 2 heterocycles. The van der Waals surface area contributed by atoms with Crippen molar-refractivity contribution in [3.63, 3.8) is 0 Å². The Bertz CT molecular complexity index is 606. The Balaban J connectivity index is 2.00. The molecule has 2 aromatic rings. The minimum atomic E-state index is 0.335. The molecule has 3 rings (SSSR count). The summed E-state index contributed by atoms with van der Waals surface area (Å²) in [7, 11) is 0. The molecule has 0 saturated carbocycles. The molecule has 2 unspecified atom stereocenters. The average molecular weight is 348 g/mol. The molecule has 2 atom stereocenters. The number of halogens is 1. The molecule has 1 aliphatic heterocycles. The summed E-state index contributed by atoms with van der Waals surface area (Å²) in [5, 5.41) is 8.44. The Hall–Kier alpha value is -1.29. The van der Waals surface area contributed by atoms with E-state index in [0.29, 0.717) is 12.0 Å². The summed E-state index contributed by atoms with van der Waals surface area (Å²) < 4.78 is 3.31. The van der Waals surface area contributed by atoms with E-state index in [9.17, 15) is 0 Å². The number of fused-ring (bicyclic) bond motifs is 1. The second-order valence-corrected chi connectivity index (χ2v) is 6.62. The summed E-state index contributed by atoms with van der Waals surface area (Å²) >= 11 is 3.76. The summed E-state index contributed by atoms with van der Waals surface area (Å²) in [6.07, 6.45) is 3.43. The average Bonchev–Trinajstić information content (AvgIpc) is 2.86. The van der Waals surface area contributed by atoms with Crippen LogP contribution in [0, 0.1) is 0 Å². The second kappa shape index (κ2) is 6.22. The van der Waals surface area contributed by atoms with Crippen molar-refractivity contribution < 1.29 is 0 Å². The maximum Gasteiger partial charge on any atom is 0.139 e. The highest BCUT2D eigenvalue weighted by molar-refractivity contribution is 9.10. The van der Waals surface area contributed by atoms with Crippen LogP contribution in [0.25, 0.3) is 0 Å². The minimum absolute atomic E-state index is 0.335. The van der Waals surface area contributed by atoms with Crippen LogP contribution in [0.1, 0.15) is 56.3 Å². The van der Waals surface area contributed by atoms with Gasteiger partial charge in [-0.3, -0.25) is 0 Å². The second-order valence-electron chi connectivity index (χ2n) is 5.82. The standard InChI is InChI=1S/C17H22BrN3/c1-3-7-12(2)16-15(18)17-19-11-10-14(21(17)20-16)13-8-5-4-6-9-13/h4-6,8-9,12,14,19H,3,7,10-11H2,1-2H3. The van der Waals surface area contributed by atoms with Gasteiger partial charge in [-0.25, -0.2) is 4.68 Å². The van der Waals surface area contributed by atoms with Crippen LogP contribution in [0.5, 0.6) is 0 Å². The zero-order chi connectivity index (χ0) is 14.8. The lowest BCUT2D eigenvalue weighted by Gasteiger charge is -2.26. The SMILES string of the molecule is CCCC(C)c1nn2c(c1Br)NCCC2c1ccccc1. The normalized spacial score (nSPS) is 18.9. The monoisotopic (exact) mass is 347 g/mol. The molecule has 1 N–H and O–H groups in total. The highest BCUT2D eigenvalue weighted by Gasteiger charge is 2.27. The van der Waals surface area contributed by atoms with Crippen LogP contribution in [0.3, 0.4) is 0 Å². The number of anilines is 1. The molecule has 3 nitrogen and oxygen atoms in total. The van der Waals surface area contributed by atoms with E-state index in [2.05, 4.69) is 70.1 Å². The summed E-state index contributed by atoms with van der Waals surface area (Å²) in [6, 6.07) is 11.0. The lowest BCUT2D eigenvalue weighted by molar-refractivity contribution is 0.473. The van der Waals surface area contributed by atoms with Gasteiger partial charge < -0.3 is 5.32 Å². The van der Waals surface area contributed by atoms with Crippen LogP contribution >= 0.6 is 15.9 Å². The quantitative estimate of drug-likeness (QED) is 0.847. The van der Waals surface area contributed by atoms with E-state index in [1.54, 1.807) is 0 Å². The van der Waals surface area contributed by atoms with Gasteiger partial charge in [0.2, 0.25) is 0 Å². The molecule has 1 aromatic heterocycles. The fourth-order valence-corrected chi connectivity index (χ4v) is 3.93. The molecule has 4 heteroatoms. The molecule has 1 aliphatic rings. The van der Waals surface area contributed by atoms with Gasteiger partial charge in [0.25, 0.3) is 0 Å². The smallest absolute Gasteiger partial charge is 0.139 e. The van der Waals surface area contributed by atoms with Gasteiger partial charge in [-0.05, 0) is 34.3 Å². The van der Waals surface area contributed by atoms with Crippen molar-refractivity contribution in [3.8, 4) is 0 Å². The van der Waals surface area contributed by atoms with Crippen molar-refractivity contribution >= 4 is 21.7 Å². The first-order chi connectivity index (χ1) is 10.2. The molecule has 0 aliphatic carbocycles. The van der Waals surface area contributed by atoms with Crippen molar-refractivity contribution in [2.24, 2.45) is 0 Å². The van der Waals surface area contributed by atoms with E-state index in [1.807, 2.05) is 0 Å². The first-order valence-electron chi connectivity index (χ1n) is 7.79. The van der Waals surface area contributed by atoms with E-state index < -0.39 is 0 Å². The Kier molecular flexibility index (Phi) is 4.34. The Labute approximate surface area is 134 Å². The minimum Gasteiger partial charge on any atom is -0.369 e. The molecular formula is C17H22BrN3. The molecule has 0 bridgehead atoms. The molecular weight excluding hydrogens is 326 g/mol. The van der Waals surface area contributed by atoms with E-state index in [0.717, 1.165) is 23.3 Å². The van der Waals surface area contributed by atoms with Gasteiger partial charge in [0, 0.05) is 12.5 Å². The first kappa shape index (κ1) is 14.6. The van der Waals surface area contributed by atoms with E-state index in [4.69, 9.17) is 5.10 Å². The fourth-order valence-electron chi connectivity index (χ4n) is 3.13. The topological polar surface area (TPSA) is 29.9 Å². The fraction of sp³-hybridized carbons (Fsp3) is 0.471. The van der Waals surface area contributed by atoms with Crippen LogP contribution in [-0.4, -0.2) is 16.3 Å². The van der Waals surface area contributed by atoms with Crippen molar-refractivity contribution in [3.05, 3.63) is 46.1 Å². The number of hydrogen-bond acceptors (Lipinski definition) is 2. The van der Waals surface area contributed by atoms with Crippen LogP contribution in [0.15, 0.2) is 34.8 Å². The number of rotatable bonds is 4. The summed E-state index contributed by atoms with van der Waals surface area (Å²) in [4.78, 5) is 0. The van der Waals surface area contributed by atoms with Crippen molar-refractivity contribution in [1.82, 2.24) is 9.78 Å². The summed E-state index contributed by atoms with van der Waals surface area (Å²) in [6.45, 7) is 5.48. The molecule has 1 aromatic carbocycles. The number of nitrogens with one attached hydrogen (secondary N) is 1. The largest absolute Gasteiger partial charge is 0.369 e. The number of hydrogen-bond donors (Lipinski definition) is 1.